The maximum Gasteiger partial charge on any atom is 0.130 e. The second-order valence-electron chi connectivity index (χ2n) is 3.85. The Kier molecular flexibility index (Phi) is 6.31. The van der Waals surface area contributed by atoms with Crippen molar-refractivity contribution in [3.63, 3.8) is 0 Å². The van der Waals surface area contributed by atoms with Crippen molar-refractivity contribution in [3.05, 3.63) is 16.5 Å². The van der Waals surface area contributed by atoms with Crippen LogP contribution in [0.25, 0.3) is 0 Å². The van der Waals surface area contributed by atoms with Crippen molar-refractivity contribution in [1.29, 1.82) is 0 Å². The van der Waals surface area contributed by atoms with E-state index in [1.807, 2.05) is 6.07 Å². The molecule has 0 aliphatic heterocycles. The Morgan fingerprint density at radius 3 is 2.75 bits per heavy atom. The van der Waals surface area contributed by atoms with Crippen LogP contribution in [-0.4, -0.2) is 41.3 Å². The SMILES string of the molecule is CCCc1nc(Br)cc(SCCN(C)C)n1. The number of hydrogen-bond donors (Lipinski definition) is 0. The lowest BCUT2D eigenvalue weighted by atomic mass is 10.3. The van der Waals surface area contributed by atoms with E-state index in [1.54, 1.807) is 11.8 Å². The van der Waals surface area contributed by atoms with E-state index in [-0.39, 0.29) is 0 Å². The molecule has 1 rings (SSSR count). The highest BCUT2D eigenvalue weighted by atomic mass is 79.9. The van der Waals surface area contributed by atoms with Crippen LogP contribution in [0.2, 0.25) is 0 Å². The predicted molar refractivity (Wildman–Crippen MR) is 73.0 cm³/mol. The molecular weight excluding hydrogens is 286 g/mol. The number of thioether (sulfide) groups is 1. The molecule has 90 valence electrons. The minimum atomic E-state index is 0.887. The largest absolute Gasteiger partial charge is 0.309 e. The van der Waals surface area contributed by atoms with E-state index in [2.05, 4.69) is 51.8 Å². The predicted octanol–water partition coefficient (Wildman–Crippen LogP) is 2.85. The van der Waals surface area contributed by atoms with Gasteiger partial charge in [0.2, 0.25) is 0 Å². The monoisotopic (exact) mass is 303 g/mol. The number of hydrogen-bond acceptors (Lipinski definition) is 4. The molecule has 0 bridgehead atoms. The Hall–Kier alpha value is -0.130. The molecule has 1 aromatic rings. The van der Waals surface area contributed by atoms with E-state index in [1.165, 1.54) is 0 Å². The van der Waals surface area contributed by atoms with E-state index in [9.17, 15) is 0 Å². The van der Waals surface area contributed by atoms with Crippen molar-refractivity contribution in [1.82, 2.24) is 14.9 Å². The van der Waals surface area contributed by atoms with Crippen LogP contribution < -0.4 is 0 Å². The highest BCUT2D eigenvalue weighted by molar-refractivity contribution is 9.10. The van der Waals surface area contributed by atoms with Gasteiger partial charge in [0, 0.05) is 24.8 Å². The highest BCUT2D eigenvalue weighted by Crippen LogP contribution is 2.19. The molecule has 0 unspecified atom stereocenters. The van der Waals surface area contributed by atoms with Crippen LogP contribution in [0.3, 0.4) is 0 Å². The number of aromatic nitrogens is 2. The van der Waals surface area contributed by atoms with Crippen LogP contribution >= 0.6 is 27.7 Å². The first-order valence-corrected chi connectivity index (χ1v) is 7.20. The summed E-state index contributed by atoms with van der Waals surface area (Å²) in [7, 11) is 4.16. The molecule has 0 saturated heterocycles. The quantitative estimate of drug-likeness (QED) is 0.597. The average molecular weight is 304 g/mol. The van der Waals surface area contributed by atoms with Gasteiger partial charge in [0.05, 0.1) is 0 Å². The zero-order valence-electron chi connectivity index (χ0n) is 10.0. The molecule has 5 heteroatoms. The minimum Gasteiger partial charge on any atom is -0.309 e. The summed E-state index contributed by atoms with van der Waals surface area (Å²) in [5, 5.41) is 1.06. The molecule has 0 aliphatic carbocycles. The van der Waals surface area contributed by atoms with Gasteiger partial charge in [-0.3, -0.25) is 0 Å². The Morgan fingerprint density at radius 2 is 2.12 bits per heavy atom. The second kappa shape index (κ2) is 7.25. The summed E-state index contributed by atoms with van der Waals surface area (Å²) in [6.45, 7) is 3.21. The lowest BCUT2D eigenvalue weighted by molar-refractivity contribution is 0.437. The van der Waals surface area contributed by atoms with Crippen molar-refractivity contribution in [2.45, 2.75) is 24.8 Å². The smallest absolute Gasteiger partial charge is 0.130 e. The Labute approximate surface area is 110 Å². The molecule has 0 atom stereocenters. The molecule has 3 nitrogen and oxygen atoms in total. The van der Waals surface area contributed by atoms with E-state index in [0.717, 1.165) is 40.6 Å². The van der Waals surface area contributed by atoms with Gasteiger partial charge < -0.3 is 4.90 Å². The van der Waals surface area contributed by atoms with E-state index in [0.29, 0.717) is 0 Å². The minimum absolute atomic E-state index is 0.887. The van der Waals surface area contributed by atoms with Crippen molar-refractivity contribution in [2.24, 2.45) is 0 Å². The van der Waals surface area contributed by atoms with Crippen molar-refractivity contribution < 1.29 is 0 Å². The molecule has 0 radical (unpaired) electrons. The van der Waals surface area contributed by atoms with Crippen molar-refractivity contribution in [2.75, 3.05) is 26.4 Å². The van der Waals surface area contributed by atoms with Gasteiger partial charge in [-0.1, -0.05) is 6.92 Å². The second-order valence-corrected chi connectivity index (χ2v) is 5.77. The van der Waals surface area contributed by atoms with Crippen LogP contribution in [0.4, 0.5) is 0 Å². The summed E-state index contributed by atoms with van der Waals surface area (Å²) in [5.74, 6) is 1.99. The Balaban J connectivity index is 2.58. The molecular formula is C11H18BrN3S. The average Bonchev–Trinajstić information content (AvgIpc) is 2.16. The lowest BCUT2D eigenvalue weighted by Gasteiger charge is -2.09. The number of halogens is 1. The van der Waals surface area contributed by atoms with Gasteiger partial charge >= 0.3 is 0 Å². The molecule has 1 heterocycles. The first-order chi connectivity index (χ1) is 7.61. The van der Waals surface area contributed by atoms with E-state index >= 15 is 0 Å². The Morgan fingerprint density at radius 1 is 1.38 bits per heavy atom. The fraction of sp³-hybridized carbons (Fsp3) is 0.636. The molecule has 0 spiro atoms. The Bertz CT molecular complexity index is 331. The normalized spacial score (nSPS) is 11.1. The molecule has 16 heavy (non-hydrogen) atoms. The summed E-state index contributed by atoms with van der Waals surface area (Å²) in [4.78, 5) is 11.0. The zero-order chi connectivity index (χ0) is 12.0. The van der Waals surface area contributed by atoms with Gasteiger partial charge in [0.1, 0.15) is 15.5 Å². The summed E-state index contributed by atoms with van der Waals surface area (Å²) in [6, 6.07) is 1.99. The summed E-state index contributed by atoms with van der Waals surface area (Å²) in [5.41, 5.74) is 0. The summed E-state index contributed by atoms with van der Waals surface area (Å²) < 4.78 is 0.887. The van der Waals surface area contributed by atoms with Gasteiger partial charge in [0.25, 0.3) is 0 Å². The molecule has 0 N–H and O–H groups in total. The van der Waals surface area contributed by atoms with Crippen molar-refractivity contribution in [3.8, 4) is 0 Å². The van der Waals surface area contributed by atoms with Crippen LogP contribution in [0.5, 0.6) is 0 Å². The van der Waals surface area contributed by atoms with E-state index < -0.39 is 0 Å². The lowest BCUT2D eigenvalue weighted by Crippen LogP contribution is -2.14. The summed E-state index contributed by atoms with van der Waals surface area (Å²) >= 11 is 5.21. The molecule has 0 aliphatic rings. The van der Waals surface area contributed by atoms with E-state index in [4.69, 9.17) is 0 Å². The van der Waals surface area contributed by atoms with Crippen molar-refractivity contribution >= 4 is 27.7 Å². The zero-order valence-corrected chi connectivity index (χ0v) is 12.4. The topological polar surface area (TPSA) is 29.0 Å². The fourth-order valence-corrected chi connectivity index (χ4v) is 2.79. The molecule has 0 aromatic carbocycles. The number of nitrogens with zero attached hydrogens (tertiary/aromatic N) is 3. The van der Waals surface area contributed by atoms with Crippen LogP contribution in [0.15, 0.2) is 15.7 Å². The van der Waals surface area contributed by atoms with Crippen LogP contribution in [0, 0.1) is 0 Å². The first kappa shape index (κ1) is 13.9. The number of aryl methyl sites for hydroxylation is 1. The number of rotatable bonds is 6. The van der Waals surface area contributed by atoms with Gasteiger partial charge in [0.15, 0.2) is 0 Å². The standard InChI is InChI=1S/C11H18BrN3S/c1-4-5-10-13-9(12)8-11(14-10)16-7-6-15(2)3/h8H,4-7H2,1-3H3. The summed E-state index contributed by atoms with van der Waals surface area (Å²) in [6.07, 6.45) is 2.03. The third kappa shape index (κ3) is 5.27. The van der Waals surface area contributed by atoms with Crippen LogP contribution in [0.1, 0.15) is 19.2 Å². The highest BCUT2D eigenvalue weighted by Gasteiger charge is 2.03. The van der Waals surface area contributed by atoms with Crippen LogP contribution in [-0.2, 0) is 6.42 Å². The fourth-order valence-electron chi connectivity index (χ4n) is 1.18. The molecule has 1 aromatic heterocycles. The maximum atomic E-state index is 4.52. The van der Waals surface area contributed by atoms with Gasteiger partial charge in [-0.2, -0.15) is 0 Å². The van der Waals surface area contributed by atoms with Gasteiger partial charge in [-0.05, 0) is 36.4 Å². The molecule has 0 amide bonds. The maximum absolute atomic E-state index is 4.52. The van der Waals surface area contributed by atoms with Gasteiger partial charge in [-0.25, -0.2) is 9.97 Å². The first-order valence-electron chi connectivity index (χ1n) is 5.42. The third-order valence-corrected chi connectivity index (χ3v) is 3.28. The molecule has 0 saturated carbocycles. The van der Waals surface area contributed by atoms with Gasteiger partial charge in [-0.15, -0.1) is 11.8 Å². The molecule has 0 fully saturated rings. The third-order valence-electron chi connectivity index (χ3n) is 1.98.